The Morgan fingerprint density at radius 2 is 1.65 bits per heavy atom. The van der Waals surface area contributed by atoms with Crippen LogP contribution in [0.25, 0.3) is 0 Å². The zero-order valence-electron chi connectivity index (χ0n) is 11.3. The molecule has 102 valence electrons. The van der Waals surface area contributed by atoms with E-state index in [1.165, 1.54) is 11.1 Å². The van der Waals surface area contributed by atoms with Gasteiger partial charge in [-0.05, 0) is 23.6 Å². The number of hydrogen-bond acceptors (Lipinski definition) is 2. The first kappa shape index (κ1) is 12.9. The first-order valence-electron chi connectivity index (χ1n) is 6.78. The number of nitrogens with one attached hydrogen (secondary N) is 1. The van der Waals surface area contributed by atoms with Crippen LogP contribution < -0.4 is 5.48 Å². The van der Waals surface area contributed by atoms with Gasteiger partial charge >= 0.3 is 0 Å². The van der Waals surface area contributed by atoms with Crippen LogP contribution in [0.2, 0.25) is 0 Å². The van der Waals surface area contributed by atoms with Crippen LogP contribution in [0.1, 0.15) is 28.5 Å². The SMILES string of the molecule is Cc1ccccc1C1C(C(=O)NO)C1c1ccccc1. The first-order valence-corrected chi connectivity index (χ1v) is 6.78. The molecular weight excluding hydrogens is 250 g/mol. The van der Waals surface area contributed by atoms with Crippen molar-refractivity contribution < 1.29 is 10.0 Å². The fraction of sp³-hybridized carbons (Fsp3) is 0.235. The molecule has 3 unspecified atom stereocenters. The highest BCUT2D eigenvalue weighted by Gasteiger charge is 2.56. The van der Waals surface area contributed by atoms with Crippen molar-refractivity contribution in [2.24, 2.45) is 5.92 Å². The summed E-state index contributed by atoms with van der Waals surface area (Å²) in [6, 6.07) is 18.1. The van der Waals surface area contributed by atoms with Gasteiger partial charge in [-0.15, -0.1) is 0 Å². The van der Waals surface area contributed by atoms with Gasteiger partial charge in [-0.1, -0.05) is 54.6 Å². The van der Waals surface area contributed by atoms with E-state index in [0.29, 0.717) is 0 Å². The van der Waals surface area contributed by atoms with Crippen LogP contribution in [0.5, 0.6) is 0 Å². The molecule has 0 saturated heterocycles. The number of hydrogen-bond donors (Lipinski definition) is 2. The summed E-state index contributed by atoms with van der Waals surface area (Å²) in [5, 5.41) is 8.94. The van der Waals surface area contributed by atoms with Crippen molar-refractivity contribution in [1.82, 2.24) is 5.48 Å². The van der Waals surface area contributed by atoms with E-state index >= 15 is 0 Å². The fourth-order valence-corrected chi connectivity index (χ4v) is 3.15. The third kappa shape index (κ3) is 2.10. The average Bonchev–Trinajstić information content (AvgIpc) is 3.23. The summed E-state index contributed by atoms with van der Waals surface area (Å²) in [5.74, 6) is -0.203. The van der Waals surface area contributed by atoms with Gasteiger partial charge in [0.05, 0.1) is 5.92 Å². The molecule has 2 aromatic carbocycles. The quantitative estimate of drug-likeness (QED) is 0.663. The molecule has 2 N–H and O–H groups in total. The molecule has 20 heavy (non-hydrogen) atoms. The monoisotopic (exact) mass is 267 g/mol. The molecule has 0 aromatic heterocycles. The number of benzene rings is 2. The topological polar surface area (TPSA) is 49.3 Å². The van der Waals surface area contributed by atoms with Crippen LogP contribution in [-0.2, 0) is 4.79 Å². The molecule has 1 amide bonds. The highest BCUT2D eigenvalue weighted by atomic mass is 16.5. The van der Waals surface area contributed by atoms with Crippen LogP contribution in [0.4, 0.5) is 0 Å². The second-order valence-corrected chi connectivity index (χ2v) is 5.32. The average molecular weight is 267 g/mol. The molecule has 0 spiro atoms. The summed E-state index contributed by atoms with van der Waals surface area (Å²) >= 11 is 0. The van der Waals surface area contributed by atoms with Gasteiger partial charge < -0.3 is 0 Å². The molecule has 3 atom stereocenters. The Labute approximate surface area is 118 Å². The molecule has 1 fully saturated rings. The number of aryl methyl sites for hydroxylation is 1. The highest BCUT2D eigenvalue weighted by molar-refractivity contribution is 5.84. The lowest BCUT2D eigenvalue weighted by Gasteiger charge is -2.04. The van der Waals surface area contributed by atoms with Gasteiger partial charge in [0.1, 0.15) is 0 Å². The zero-order valence-corrected chi connectivity index (χ0v) is 11.3. The van der Waals surface area contributed by atoms with Gasteiger partial charge in [-0.2, -0.15) is 0 Å². The van der Waals surface area contributed by atoms with Gasteiger partial charge in [0.2, 0.25) is 5.91 Å². The number of carbonyl (C=O) groups excluding carboxylic acids is 1. The maximum absolute atomic E-state index is 11.9. The maximum atomic E-state index is 11.9. The van der Waals surface area contributed by atoms with Crippen LogP contribution in [-0.4, -0.2) is 11.1 Å². The maximum Gasteiger partial charge on any atom is 0.247 e. The molecule has 3 rings (SSSR count). The van der Waals surface area contributed by atoms with Crippen molar-refractivity contribution in [2.45, 2.75) is 18.8 Å². The minimum atomic E-state index is -0.299. The van der Waals surface area contributed by atoms with E-state index in [1.54, 1.807) is 5.48 Å². The molecule has 2 aromatic rings. The summed E-state index contributed by atoms with van der Waals surface area (Å²) in [7, 11) is 0. The van der Waals surface area contributed by atoms with Crippen molar-refractivity contribution in [3.8, 4) is 0 Å². The molecule has 3 heteroatoms. The molecule has 1 saturated carbocycles. The van der Waals surface area contributed by atoms with E-state index in [1.807, 2.05) is 42.5 Å². The summed E-state index contributed by atoms with van der Waals surface area (Å²) < 4.78 is 0. The van der Waals surface area contributed by atoms with Crippen LogP contribution in [0, 0.1) is 12.8 Å². The lowest BCUT2D eigenvalue weighted by Crippen LogP contribution is -2.21. The van der Waals surface area contributed by atoms with Crippen LogP contribution in [0.15, 0.2) is 54.6 Å². The minimum absolute atomic E-state index is 0.143. The van der Waals surface area contributed by atoms with E-state index in [4.69, 9.17) is 5.21 Å². The predicted octanol–water partition coefficient (Wildman–Crippen LogP) is 3.00. The Morgan fingerprint density at radius 1 is 1.00 bits per heavy atom. The van der Waals surface area contributed by atoms with Crippen LogP contribution in [0.3, 0.4) is 0 Å². The Morgan fingerprint density at radius 3 is 2.30 bits per heavy atom. The summed E-state index contributed by atoms with van der Waals surface area (Å²) in [4.78, 5) is 11.9. The Kier molecular flexibility index (Phi) is 3.28. The molecular formula is C17H17NO2. The zero-order chi connectivity index (χ0) is 14.1. The minimum Gasteiger partial charge on any atom is -0.289 e. The standard InChI is InChI=1S/C17H17NO2/c1-11-7-5-6-10-13(11)15-14(16(15)17(19)18-20)12-8-3-2-4-9-12/h2-10,14-16,20H,1H3,(H,18,19). The van der Waals surface area contributed by atoms with E-state index < -0.39 is 0 Å². The van der Waals surface area contributed by atoms with Crippen molar-refractivity contribution in [2.75, 3.05) is 0 Å². The van der Waals surface area contributed by atoms with Gasteiger partial charge in [-0.25, -0.2) is 5.48 Å². The Balaban J connectivity index is 1.97. The van der Waals surface area contributed by atoms with E-state index in [9.17, 15) is 4.79 Å². The van der Waals surface area contributed by atoms with Gasteiger partial charge in [-0.3, -0.25) is 10.0 Å². The van der Waals surface area contributed by atoms with E-state index in [2.05, 4.69) is 19.1 Å². The van der Waals surface area contributed by atoms with Gasteiger partial charge in [0.25, 0.3) is 0 Å². The predicted molar refractivity (Wildman–Crippen MR) is 76.5 cm³/mol. The number of hydroxylamine groups is 1. The number of rotatable bonds is 3. The lowest BCUT2D eigenvalue weighted by molar-refractivity contribution is -0.130. The van der Waals surface area contributed by atoms with Gasteiger partial charge in [0.15, 0.2) is 0 Å². The molecule has 3 nitrogen and oxygen atoms in total. The van der Waals surface area contributed by atoms with E-state index in [0.717, 1.165) is 5.56 Å². The number of amides is 1. The molecule has 0 bridgehead atoms. The molecule has 0 heterocycles. The first-order chi connectivity index (χ1) is 9.74. The largest absolute Gasteiger partial charge is 0.289 e. The lowest BCUT2D eigenvalue weighted by atomic mass is 10.0. The van der Waals surface area contributed by atoms with E-state index in [-0.39, 0.29) is 23.7 Å². The van der Waals surface area contributed by atoms with Crippen LogP contribution >= 0.6 is 0 Å². The molecule has 1 aliphatic carbocycles. The van der Waals surface area contributed by atoms with Crippen molar-refractivity contribution >= 4 is 5.91 Å². The summed E-state index contributed by atoms with van der Waals surface area (Å²) in [5.41, 5.74) is 5.33. The fourth-order valence-electron chi connectivity index (χ4n) is 3.15. The summed E-state index contributed by atoms with van der Waals surface area (Å²) in [6.07, 6.45) is 0. The highest BCUT2D eigenvalue weighted by Crippen LogP contribution is 2.60. The molecule has 0 aliphatic heterocycles. The van der Waals surface area contributed by atoms with Crippen molar-refractivity contribution in [3.63, 3.8) is 0 Å². The normalized spacial score (nSPS) is 24.2. The third-order valence-corrected chi connectivity index (χ3v) is 4.16. The smallest absolute Gasteiger partial charge is 0.247 e. The second-order valence-electron chi connectivity index (χ2n) is 5.32. The second kappa shape index (κ2) is 5.10. The Hall–Kier alpha value is -2.13. The summed E-state index contributed by atoms with van der Waals surface area (Å²) in [6.45, 7) is 2.06. The number of carbonyl (C=O) groups is 1. The van der Waals surface area contributed by atoms with Crippen molar-refractivity contribution in [3.05, 3.63) is 71.3 Å². The van der Waals surface area contributed by atoms with Crippen molar-refractivity contribution in [1.29, 1.82) is 0 Å². The Bertz CT molecular complexity index is 624. The van der Waals surface area contributed by atoms with Gasteiger partial charge in [0, 0.05) is 11.8 Å². The third-order valence-electron chi connectivity index (χ3n) is 4.16. The molecule has 0 radical (unpaired) electrons. The molecule has 1 aliphatic rings.